The third-order valence-corrected chi connectivity index (χ3v) is 3.05. The van der Waals surface area contributed by atoms with Gasteiger partial charge in [-0.05, 0) is 12.3 Å². The van der Waals surface area contributed by atoms with E-state index in [0.29, 0.717) is 18.4 Å². The second-order valence-electron chi connectivity index (χ2n) is 4.61. The van der Waals surface area contributed by atoms with Crippen LogP contribution in [0.25, 0.3) is 0 Å². The van der Waals surface area contributed by atoms with Gasteiger partial charge in [-0.3, -0.25) is 4.98 Å². The van der Waals surface area contributed by atoms with Crippen molar-refractivity contribution in [3.05, 3.63) is 12.4 Å². The third kappa shape index (κ3) is 2.85. The summed E-state index contributed by atoms with van der Waals surface area (Å²) in [5, 5.41) is 0. The number of hydrogen-bond donors (Lipinski definition) is 1. The van der Waals surface area contributed by atoms with Crippen LogP contribution in [0.4, 0.5) is 5.82 Å². The fraction of sp³-hybridized carbons (Fsp3) is 0.667. The van der Waals surface area contributed by atoms with Gasteiger partial charge in [-0.2, -0.15) is 4.98 Å². The first-order chi connectivity index (χ1) is 8.20. The minimum absolute atomic E-state index is 0.219. The Morgan fingerprint density at radius 1 is 1.47 bits per heavy atom. The zero-order valence-corrected chi connectivity index (χ0v) is 10.5. The smallest absolute Gasteiger partial charge is 0.234 e. The molecule has 1 aromatic heterocycles. The molecule has 2 atom stereocenters. The Labute approximate surface area is 102 Å². The Morgan fingerprint density at radius 2 is 2.29 bits per heavy atom. The molecule has 0 amide bonds. The summed E-state index contributed by atoms with van der Waals surface area (Å²) in [5.41, 5.74) is 6.00. The van der Waals surface area contributed by atoms with Gasteiger partial charge in [0.25, 0.3) is 0 Å². The van der Waals surface area contributed by atoms with E-state index in [1.54, 1.807) is 12.4 Å². The van der Waals surface area contributed by atoms with E-state index in [9.17, 15) is 0 Å². The second kappa shape index (κ2) is 5.31. The molecule has 0 aliphatic carbocycles. The van der Waals surface area contributed by atoms with Crippen LogP contribution in [-0.4, -0.2) is 35.7 Å². The molecule has 2 N–H and O–H groups in total. The molecular formula is C12H20N4O. The van der Waals surface area contributed by atoms with Crippen molar-refractivity contribution in [3.8, 4) is 5.88 Å². The van der Waals surface area contributed by atoms with Crippen molar-refractivity contribution in [1.29, 1.82) is 0 Å². The summed E-state index contributed by atoms with van der Waals surface area (Å²) >= 11 is 0. The quantitative estimate of drug-likeness (QED) is 0.846. The Kier molecular flexibility index (Phi) is 3.78. The van der Waals surface area contributed by atoms with Gasteiger partial charge in [-0.1, -0.05) is 13.8 Å². The number of hydrogen-bond acceptors (Lipinski definition) is 5. The van der Waals surface area contributed by atoms with Crippen LogP contribution < -0.4 is 15.4 Å². The Morgan fingerprint density at radius 3 is 2.94 bits per heavy atom. The van der Waals surface area contributed by atoms with Gasteiger partial charge in [0, 0.05) is 19.1 Å². The van der Waals surface area contributed by atoms with Crippen LogP contribution in [0.5, 0.6) is 5.88 Å². The molecule has 0 saturated carbocycles. The summed E-state index contributed by atoms with van der Waals surface area (Å²) in [7, 11) is 0. The molecule has 5 nitrogen and oxygen atoms in total. The van der Waals surface area contributed by atoms with Crippen molar-refractivity contribution in [1.82, 2.24) is 9.97 Å². The Balaban J connectivity index is 2.06. The van der Waals surface area contributed by atoms with Gasteiger partial charge in [0.15, 0.2) is 5.82 Å². The fourth-order valence-electron chi connectivity index (χ4n) is 1.95. The van der Waals surface area contributed by atoms with E-state index in [-0.39, 0.29) is 6.04 Å². The maximum atomic E-state index is 6.00. The minimum atomic E-state index is 0.219. The highest BCUT2D eigenvalue weighted by Gasteiger charge is 2.27. The van der Waals surface area contributed by atoms with Gasteiger partial charge in [-0.15, -0.1) is 0 Å². The summed E-state index contributed by atoms with van der Waals surface area (Å²) in [6.07, 6.45) is 4.39. The van der Waals surface area contributed by atoms with E-state index in [1.807, 2.05) is 0 Å². The highest BCUT2D eigenvalue weighted by Crippen LogP contribution is 2.22. The number of nitrogens with zero attached hydrogens (tertiary/aromatic N) is 3. The normalized spacial score (nSPS) is 24.1. The third-order valence-electron chi connectivity index (χ3n) is 3.05. The van der Waals surface area contributed by atoms with Crippen molar-refractivity contribution >= 4 is 5.82 Å². The van der Waals surface area contributed by atoms with Crippen molar-refractivity contribution in [2.45, 2.75) is 26.3 Å². The summed E-state index contributed by atoms with van der Waals surface area (Å²) < 4.78 is 5.48. The summed E-state index contributed by atoms with van der Waals surface area (Å²) in [4.78, 5) is 10.8. The molecule has 1 aromatic rings. The van der Waals surface area contributed by atoms with Gasteiger partial charge in [-0.25, -0.2) is 0 Å². The van der Waals surface area contributed by atoms with E-state index in [0.717, 1.165) is 25.3 Å². The Hall–Kier alpha value is -1.36. The molecule has 0 radical (unpaired) electrons. The fourth-order valence-corrected chi connectivity index (χ4v) is 1.95. The molecule has 2 unspecified atom stereocenters. The second-order valence-corrected chi connectivity index (χ2v) is 4.61. The number of anilines is 1. The van der Waals surface area contributed by atoms with Gasteiger partial charge in [0.2, 0.25) is 5.88 Å². The molecule has 17 heavy (non-hydrogen) atoms. The van der Waals surface area contributed by atoms with Gasteiger partial charge in [0.1, 0.15) is 0 Å². The van der Waals surface area contributed by atoms with Crippen LogP contribution in [0.15, 0.2) is 12.4 Å². The SMILES string of the molecule is CCCOc1cncc(N2CC(C)C(N)C2)n1. The zero-order valence-electron chi connectivity index (χ0n) is 10.5. The van der Waals surface area contributed by atoms with Crippen LogP contribution in [0.2, 0.25) is 0 Å². The van der Waals surface area contributed by atoms with Crippen molar-refractivity contribution in [2.24, 2.45) is 11.7 Å². The molecule has 0 spiro atoms. The van der Waals surface area contributed by atoms with Crippen molar-refractivity contribution < 1.29 is 4.74 Å². The lowest BCUT2D eigenvalue weighted by atomic mass is 10.1. The van der Waals surface area contributed by atoms with Crippen LogP contribution >= 0.6 is 0 Å². The molecule has 2 rings (SSSR count). The first-order valence-corrected chi connectivity index (χ1v) is 6.16. The van der Waals surface area contributed by atoms with E-state index in [2.05, 4.69) is 28.7 Å². The molecule has 1 saturated heterocycles. The molecule has 0 aromatic carbocycles. The monoisotopic (exact) mass is 236 g/mol. The summed E-state index contributed by atoms with van der Waals surface area (Å²) in [6, 6.07) is 0.219. The molecular weight excluding hydrogens is 216 g/mol. The van der Waals surface area contributed by atoms with Gasteiger partial charge in [0.05, 0.1) is 19.0 Å². The average molecular weight is 236 g/mol. The molecule has 0 bridgehead atoms. The van der Waals surface area contributed by atoms with E-state index >= 15 is 0 Å². The van der Waals surface area contributed by atoms with Crippen LogP contribution in [0.1, 0.15) is 20.3 Å². The molecule has 1 aliphatic heterocycles. The van der Waals surface area contributed by atoms with E-state index < -0.39 is 0 Å². The average Bonchev–Trinajstić information content (AvgIpc) is 2.68. The largest absolute Gasteiger partial charge is 0.477 e. The number of aromatic nitrogens is 2. The first kappa shape index (κ1) is 12.1. The molecule has 2 heterocycles. The highest BCUT2D eigenvalue weighted by molar-refractivity contribution is 5.39. The van der Waals surface area contributed by atoms with Crippen LogP contribution in [0.3, 0.4) is 0 Å². The topological polar surface area (TPSA) is 64.3 Å². The lowest BCUT2D eigenvalue weighted by molar-refractivity contribution is 0.304. The maximum absolute atomic E-state index is 6.00. The molecule has 94 valence electrons. The minimum Gasteiger partial charge on any atom is -0.477 e. The van der Waals surface area contributed by atoms with Crippen LogP contribution in [0, 0.1) is 5.92 Å². The maximum Gasteiger partial charge on any atom is 0.234 e. The molecule has 5 heteroatoms. The zero-order chi connectivity index (χ0) is 12.3. The number of rotatable bonds is 4. The summed E-state index contributed by atoms with van der Waals surface area (Å²) in [5.74, 6) is 1.95. The number of nitrogens with two attached hydrogens (primary N) is 1. The standard InChI is InChI=1S/C12H20N4O/c1-3-4-17-12-6-14-5-11(15-12)16-7-9(2)10(13)8-16/h5-6,9-10H,3-4,7-8,13H2,1-2H3. The number of ether oxygens (including phenoxy) is 1. The predicted octanol–water partition coefficient (Wildman–Crippen LogP) is 1.05. The van der Waals surface area contributed by atoms with Gasteiger partial charge < -0.3 is 15.4 Å². The van der Waals surface area contributed by atoms with E-state index in [1.165, 1.54) is 0 Å². The van der Waals surface area contributed by atoms with Crippen molar-refractivity contribution in [2.75, 3.05) is 24.6 Å². The molecule has 1 aliphatic rings. The first-order valence-electron chi connectivity index (χ1n) is 6.16. The van der Waals surface area contributed by atoms with Crippen LogP contribution in [-0.2, 0) is 0 Å². The lowest BCUT2D eigenvalue weighted by Gasteiger charge is -2.16. The Bertz CT molecular complexity index is 361. The van der Waals surface area contributed by atoms with E-state index in [4.69, 9.17) is 10.5 Å². The highest BCUT2D eigenvalue weighted by atomic mass is 16.5. The molecule has 1 fully saturated rings. The lowest BCUT2D eigenvalue weighted by Crippen LogP contribution is -2.28. The predicted molar refractivity (Wildman–Crippen MR) is 67.2 cm³/mol. The summed E-state index contributed by atoms with van der Waals surface area (Å²) in [6.45, 7) is 6.68. The van der Waals surface area contributed by atoms with Crippen molar-refractivity contribution in [3.63, 3.8) is 0 Å². The van der Waals surface area contributed by atoms with Gasteiger partial charge >= 0.3 is 0 Å².